The quantitative estimate of drug-likeness (QED) is 0.0522. The zero-order chi connectivity index (χ0) is 83.1. The van der Waals surface area contributed by atoms with Crippen LogP contribution in [-0.4, -0.2) is 33.3 Å². The van der Waals surface area contributed by atoms with Gasteiger partial charge in [0.15, 0.2) is 6.61 Å². The molecule has 12 rings (SSSR count). The summed E-state index contributed by atoms with van der Waals surface area (Å²) < 4.78 is 4.87. The number of aliphatic hydroxyl groups is 1. The Morgan fingerprint density at radius 2 is 0.544 bits per heavy atom. The predicted octanol–water partition coefficient (Wildman–Crippen LogP) is 30.4. The molecular weight excluding hydrogens is 1590 g/mol. The molecule has 0 aliphatic carbocycles. The molecule has 114 heavy (non-hydrogen) atoms. The molecule has 0 aliphatic rings. The standard InChI is InChI=1S/C48H60O3S.C45H54OS.2C7H7.Hf/c1-45(2,3)36-24-33(25-37(28-36)46(4,5)6)31-21-32(34-26-38(47(7,8)9)29-39(27-34)48(10,11)12)23-35(22-31)44-43(50)41(30-52-44)40-17-13-14-18-42(40)51-20-16-15-19-49;1-28-16-14-15-17-38(28)39-27-47-41(40(39)46)33-19-29(31-21-34(42(2,3)4)25-35(22-31)43(5,6)7)18-30(20-33)32-23-36(44(8,9)10)26-37(24-32)45(11,12)13;2*1-7-5-3-2-4-6-7;/h13-14,17-18,21-30,49-50H,15-16,19-20H2,1-12H3;14-27,46H,1-13H3;2*2-6H,1H2;/q;;2*-1;/p+2. The number of hydrogen-bond donors (Lipinski definition) is 2. The van der Waals surface area contributed by atoms with E-state index in [1.165, 1.54) is 66.8 Å². The number of aryl methyl sites for hydroxylation is 1. The summed E-state index contributed by atoms with van der Waals surface area (Å²) in [5.74, 6) is 1.52. The Hall–Kier alpha value is -8.43. The van der Waals surface area contributed by atoms with Gasteiger partial charge >= 0.3 is 0 Å². The third-order valence-corrected chi connectivity index (χ3v) is 23.1. The molecular formula is C107H130HfO4S2. The van der Waals surface area contributed by atoms with E-state index in [0.29, 0.717) is 24.7 Å². The van der Waals surface area contributed by atoms with Crippen LogP contribution in [0.25, 0.3) is 87.6 Å². The van der Waals surface area contributed by atoms with Crippen LogP contribution >= 0.6 is 22.7 Å². The molecule has 0 saturated carbocycles. The van der Waals surface area contributed by atoms with Crippen LogP contribution in [0.2, 0.25) is 0 Å². The molecule has 0 bridgehead atoms. The van der Waals surface area contributed by atoms with Gasteiger partial charge in [0.1, 0.15) is 18.1 Å². The van der Waals surface area contributed by atoms with Crippen LogP contribution < -0.4 is 0 Å². The van der Waals surface area contributed by atoms with E-state index in [1.54, 1.807) is 22.7 Å². The Kier molecular flexibility index (Phi) is 29.4. The van der Waals surface area contributed by atoms with Crippen molar-refractivity contribution in [2.75, 3.05) is 13.2 Å². The van der Waals surface area contributed by atoms with Crippen molar-refractivity contribution in [2.45, 2.75) is 229 Å². The molecule has 0 fully saturated rings. The Bertz CT molecular complexity index is 4850. The Balaban J connectivity index is 0.000000241. The van der Waals surface area contributed by atoms with Gasteiger partial charge in [0.25, 0.3) is 5.75 Å². The van der Waals surface area contributed by atoms with E-state index in [-0.39, 0.29) is 69.2 Å². The molecule has 2 aromatic heterocycles. The van der Waals surface area contributed by atoms with Crippen LogP contribution in [-0.2, 0) is 69.2 Å². The largest absolute Gasteiger partial charge is 0.582 e. The summed E-state index contributed by atoms with van der Waals surface area (Å²) in [5, 5.41) is 35.5. The van der Waals surface area contributed by atoms with Crippen LogP contribution in [0.5, 0.6) is 17.2 Å². The van der Waals surface area contributed by atoms with Gasteiger partial charge in [-0.25, -0.2) is 0 Å². The summed E-state index contributed by atoms with van der Waals surface area (Å²) in [5.41, 5.74) is 29.0. The van der Waals surface area contributed by atoms with Crippen LogP contribution in [0.3, 0.4) is 0 Å². The third kappa shape index (κ3) is 23.9. The fraction of sp³-hybridized carbons (Fsp3) is 0.346. The van der Waals surface area contributed by atoms with E-state index in [4.69, 9.17) is 9.84 Å². The zero-order valence-corrected chi connectivity index (χ0v) is 78.6. The fourth-order valence-electron chi connectivity index (χ4n) is 13.4. The van der Waals surface area contributed by atoms with Crippen molar-refractivity contribution in [3.05, 3.63) is 304 Å². The van der Waals surface area contributed by atoms with Gasteiger partial charge in [-0.3, -0.25) is 0 Å². The minimum atomic E-state index is -0.0142. The van der Waals surface area contributed by atoms with Crippen molar-refractivity contribution < 1.29 is 45.9 Å². The van der Waals surface area contributed by atoms with Gasteiger partial charge in [0, 0.05) is 66.6 Å². The second-order valence-corrected chi connectivity index (χ2v) is 40.8. The van der Waals surface area contributed by atoms with Crippen molar-refractivity contribution in [2.24, 2.45) is 0 Å². The molecule has 10 aromatic carbocycles. The van der Waals surface area contributed by atoms with Crippen molar-refractivity contribution >= 4 is 22.7 Å². The predicted molar refractivity (Wildman–Crippen MR) is 496 cm³/mol. The Morgan fingerprint density at radius 1 is 0.298 bits per heavy atom. The summed E-state index contributed by atoms with van der Waals surface area (Å²) in [4.78, 5) is 1.76. The number of ether oxygens (including phenoxy) is 1. The topological polar surface area (TPSA) is 76.2 Å². The SMILES string of the molecule is CC(C)(C)c1cc(-c2cc(-c3cc(C(C)(C)C)cc(C(C)(C)C)c3)cc(-c3scc(-c4ccccc4[OH+]CCCC[OH2+])c3O)c2)cc(C(C)(C)C)c1.Cc1ccccc1-c1csc(-c2cc(-c3cc(C(C)(C)C)cc(C(C)(C)C)c3)cc(-c3cc(C(C)(C)C)cc(C(C)(C)C)c3)c2)c1O.[CH2-]c1ccccc1.[CH2-]c1ccccc1.[Hf]. The summed E-state index contributed by atoms with van der Waals surface area (Å²) >= 11 is 3.21. The molecule has 0 spiro atoms. The Morgan fingerprint density at radius 3 is 0.807 bits per heavy atom. The third-order valence-electron chi connectivity index (χ3n) is 21.1. The number of benzene rings is 10. The van der Waals surface area contributed by atoms with Crippen molar-refractivity contribution in [1.82, 2.24) is 0 Å². The molecule has 0 radical (unpaired) electrons. The van der Waals surface area contributed by atoms with Crippen molar-refractivity contribution in [1.29, 1.82) is 0 Å². The van der Waals surface area contributed by atoms with Gasteiger partial charge in [-0.15, -0.1) is 46.9 Å². The van der Waals surface area contributed by atoms with Crippen LogP contribution in [0.15, 0.2) is 229 Å². The number of unbranched alkanes of at least 4 members (excludes halogenated alkanes) is 1. The maximum Gasteiger partial charge on any atom is 0.262 e. The van der Waals surface area contributed by atoms with E-state index in [1.807, 2.05) is 91.0 Å². The number of thiophene rings is 2. The first-order valence-electron chi connectivity index (χ1n) is 40.4. The minimum Gasteiger partial charge on any atom is -0.582 e. The van der Waals surface area contributed by atoms with Crippen molar-refractivity contribution in [3.63, 3.8) is 0 Å². The molecule has 12 aromatic rings. The van der Waals surface area contributed by atoms with Gasteiger partial charge in [-0.1, -0.05) is 287 Å². The summed E-state index contributed by atoms with van der Waals surface area (Å²) in [7, 11) is 0. The number of hydrogen-bond acceptors (Lipinski definition) is 4. The molecule has 5 N–H and O–H groups in total. The molecule has 7 heteroatoms. The number of para-hydroxylation sites is 1. The molecule has 4 nitrogen and oxygen atoms in total. The maximum absolute atomic E-state index is 12.0. The van der Waals surface area contributed by atoms with E-state index in [0.717, 1.165) is 101 Å². The van der Waals surface area contributed by atoms with E-state index < -0.39 is 0 Å². The maximum atomic E-state index is 12.0. The van der Waals surface area contributed by atoms with Crippen molar-refractivity contribution in [3.8, 4) is 105 Å². The fourth-order valence-corrected chi connectivity index (χ4v) is 15.3. The molecule has 598 valence electrons. The van der Waals surface area contributed by atoms with E-state index in [9.17, 15) is 10.2 Å². The van der Waals surface area contributed by atoms with E-state index in [2.05, 4.69) is 325 Å². The average Bonchev–Trinajstić information content (AvgIpc) is 0.876. The van der Waals surface area contributed by atoms with Gasteiger partial charge in [-0.05, 0) is 204 Å². The van der Waals surface area contributed by atoms with Gasteiger partial charge < -0.3 is 20.1 Å². The van der Waals surface area contributed by atoms with Gasteiger partial charge in [-0.2, -0.15) is 49.2 Å². The first-order valence-corrected chi connectivity index (χ1v) is 42.1. The van der Waals surface area contributed by atoms with E-state index >= 15 is 0 Å². The monoisotopic (exact) mass is 1720 g/mol. The molecule has 2 heterocycles. The molecule has 0 saturated heterocycles. The first kappa shape index (κ1) is 91.1. The summed E-state index contributed by atoms with van der Waals surface area (Å²) in [6.45, 7) is 65.6. The second-order valence-electron chi connectivity index (χ2n) is 39.1. The number of aromatic hydroxyl groups is 3. The smallest absolute Gasteiger partial charge is 0.262 e. The molecule has 0 amide bonds. The van der Waals surface area contributed by atoms with Gasteiger partial charge in [0.05, 0.1) is 15.3 Å². The second kappa shape index (κ2) is 36.8. The van der Waals surface area contributed by atoms with Crippen LogP contribution in [0.4, 0.5) is 0 Å². The first-order chi connectivity index (χ1) is 52.6. The summed E-state index contributed by atoms with van der Waals surface area (Å²) in [6, 6.07) is 78.4. The van der Waals surface area contributed by atoms with Crippen LogP contribution in [0.1, 0.15) is 240 Å². The zero-order valence-electron chi connectivity index (χ0n) is 73.3. The normalized spacial score (nSPS) is 12.2. The Labute approximate surface area is 714 Å². The minimum absolute atomic E-state index is 0. The molecule has 0 atom stereocenters. The summed E-state index contributed by atoms with van der Waals surface area (Å²) in [6.07, 6.45) is 1.72. The van der Waals surface area contributed by atoms with Crippen LogP contribution in [0, 0.1) is 20.8 Å². The number of rotatable bonds is 13. The molecule has 0 aliphatic heterocycles. The molecule has 0 unspecified atom stereocenters. The van der Waals surface area contributed by atoms with Gasteiger partial charge in [0.2, 0.25) is 0 Å². The average molecular weight is 1720 g/mol.